The maximum Gasteiger partial charge on any atom is 0.121 e. The van der Waals surface area contributed by atoms with Gasteiger partial charge in [0.2, 0.25) is 0 Å². The number of aryl methyl sites for hydroxylation is 1. The molecule has 0 radical (unpaired) electrons. The maximum absolute atomic E-state index is 6.05. The average Bonchev–Trinajstić information content (AvgIpc) is 2.62. The molecule has 3 heteroatoms. The Morgan fingerprint density at radius 2 is 1.71 bits per heavy atom. The summed E-state index contributed by atoms with van der Waals surface area (Å²) in [6.45, 7) is 9.17. The topological polar surface area (TPSA) is 38.5 Å². The van der Waals surface area contributed by atoms with Gasteiger partial charge in [0.25, 0.3) is 0 Å². The first-order valence-electron chi connectivity index (χ1n) is 8.81. The Hall–Kier alpha value is -2.00. The van der Waals surface area contributed by atoms with Crippen LogP contribution in [-0.2, 0) is 6.42 Å². The fourth-order valence-corrected chi connectivity index (χ4v) is 3.21. The van der Waals surface area contributed by atoms with Gasteiger partial charge >= 0.3 is 0 Å². The van der Waals surface area contributed by atoms with Gasteiger partial charge in [-0.05, 0) is 68.6 Å². The molecule has 0 amide bonds. The fourth-order valence-electron chi connectivity index (χ4n) is 3.21. The molecule has 0 saturated carbocycles. The average molecular weight is 326 g/mol. The Balaban J connectivity index is 2.14. The van der Waals surface area contributed by atoms with Gasteiger partial charge in [0.05, 0.1) is 7.11 Å². The Bertz CT molecular complexity index is 633. The number of benzene rings is 2. The summed E-state index contributed by atoms with van der Waals surface area (Å²) in [7, 11) is 1.71. The molecule has 0 heterocycles. The van der Waals surface area contributed by atoms with Crippen molar-refractivity contribution in [1.29, 1.82) is 0 Å². The molecule has 1 unspecified atom stereocenters. The Labute approximate surface area is 146 Å². The van der Waals surface area contributed by atoms with Gasteiger partial charge in [-0.3, -0.25) is 0 Å². The van der Waals surface area contributed by atoms with Crippen LogP contribution in [0, 0.1) is 6.92 Å². The van der Waals surface area contributed by atoms with Gasteiger partial charge in [0.1, 0.15) is 5.75 Å². The summed E-state index contributed by atoms with van der Waals surface area (Å²) < 4.78 is 5.35. The monoisotopic (exact) mass is 326 g/mol. The van der Waals surface area contributed by atoms with Crippen LogP contribution in [0.25, 0.3) is 0 Å². The molecular formula is C21H30N2O. The molecule has 0 aromatic heterocycles. The van der Waals surface area contributed by atoms with E-state index in [1.807, 2.05) is 6.07 Å². The highest BCUT2D eigenvalue weighted by Crippen LogP contribution is 2.26. The summed E-state index contributed by atoms with van der Waals surface area (Å²) >= 11 is 0. The highest BCUT2D eigenvalue weighted by atomic mass is 16.5. The van der Waals surface area contributed by atoms with E-state index < -0.39 is 0 Å². The van der Waals surface area contributed by atoms with Crippen molar-refractivity contribution in [3.63, 3.8) is 0 Å². The quantitative estimate of drug-likeness (QED) is 0.792. The van der Waals surface area contributed by atoms with Gasteiger partial charge in [-0.1, -0.05) is 24.3 Å². The molecule has 0 aliphatic carbocycles. The zero-order valence-corrected chi connectivity index (χ0v) is 15.4. The van der Waals surface area contributed by atoms with Crippen LogP contribution in [0.3, 0.4) is 0 Å². The minimum Gasteiger partial charge on any atom is -0.496 e. The largest absolute Gasteiger partial charge is 0.496 e. The van der Waals surface area contributed by atoms with E-state index in [0.29, 0.717) is 12.5 Å². The van der Waals surface area contributed by atoms with Gasteiger partial charge in [-0.2, -0.15) is 0 Å². The van der Waals surface area contributed by atoms with Gasteiger partial charge < -0.3 is 15.4 Å². The van der Waals surface area contributed by atoms with Crippen LogP contribution in [0.15, 0.2) is 42.5 Å². The lowest BCUT2D eigenvalue weighted by atomic mass is 9.91. The van der Waals surface area contributed by atoms with Gasteiger partial charge in [0.15, 0.2) is 0 Å². The lowest BCUT2D eigenvalue weighted by Gasteiger charge is -2.22. The summed E-state index contributed by atoms with van der Waals surface area (Å²) in [4.78, 5) is 2.36. The van der Waals surface area contributed by atoms with Crippen molar-refractivity contribution in [3.8, 4) is 5.75 Å². The number of ether oxygens (including phenoxy) is 1. The molecule has 0 aliphatic heterocycles. The van der Waals surface area contributed by atoms with E-state index in [-0.39, 0.29) is 0 Å². The minimum absolute atomic E-state index is 0.328. The molecule has 3 nitrogen and oxygen atoms in total. The summed E-state index contributed by atoms with van der Waals surface area (Å²) in [6.07, 6.45) is 0.959. The molecule has 0 spiro atoms. The first kappa shape index (κ1) is 18.3. The molecule has 130 valence electrons. The van der Waals surface area contributed by atoms with Crippen LogP contribution < -0.4 is 15.4 Å². The van der Waals surface area contributed by atoms with E-state index >= 15 is 0 Å². The van der Waals surface area contributed by atoms with Gasteiger partial charge in [-0.15, -0.1) is 0 Å². The van der Waals surface area contributed by atoms with Crippen molar-refractivity contribution < 1.29 is 4.74 Å². The molecule has 0 fully saturated rings. The molecule has 0 bridgehead atoms. The van der Waals surface area contributed by atoms with E-state index in [1.54, 1.807) is 7.11 Å². The van der Waals surface area contributed by atoms with Crippen LogP contribution in [0.4, 0.5) is 5.69 Å². The van der Waals surface area contributed by atoms with Crippen molar-refractivity contribution >= 4 is 5.69 Å². The van der Waals surface area contributed by atoms with Crippen molar-refractivity contribution in [2.75, 3.05) is 31.6 Å². The second-order valence-corrected chi connectivity index (χ2v) is 6.20. The third-order valence-corrected chi connectivity index (χ3v) is 4.72. The number of nitrogens with zero attached hydrogens (tertiary/aromatic N) is 1. The lowest BCUT2D eigenvalue weighted by Crippen LogP contribution is -2.21. The number of hydrogen-bond acceptors (Lipinski definition) is 3. The molecule has 1 atom stereocenters. The van der Waals surface area contributed by atoms with Crippen LogP contribution in [0.5, 0.6) is 5.75 Å². The number of nitrogens with two attached hydrogens (primary N) is 1. The highest BCUT2D eigenvalue weighted by Gasteiger charge is 2.13. The summed E-state index contributed by atoms with van der Waals surface area (Å²) in [6, 6.07) is 15.3. The van der Waals surface area contributed by atoms with Gasteiger partial charge in [-0.25, -0.2) is 0 Å². The predicted molar refractivity (Wildman–Crippen MR) is 103 cm³/mol. The third-order valence-electron chi connectivity index (χ3n) is 4.72. The van der Waals surface area contributed by atoms with Gasteiger partial charge in [0, 0.05) is 24.7 Å². The Morgan fingerprint density at radius 3 is 2.21 bits per heavy atom. The van der Waals surface area contributed by atoms with Crippen molar-refractivity contribution in [3.05, 3.63) is 59.2 Å². The lowest BCUT2D eigenvalue weighted by molar-refractivity contribution is 0.411. The predicted octanol–water partition coefficient (Wildman–Crippen LogP) is 4.13. The zero-order valence-electron chi connectivity index (χ0n) is 15.4. The Kier molecular flexibility index (Phi) is 6.68. The van der Waals surface area contributed by atoms with Crippen LogP contribution in [0.2, 0.25) is 0 Å². The summed E-state index contributed by atoms with van der Waals surface area (Å²) in [5.41, 5.74) is 11.1. The fraction of sp³-hybridized carbons (Fsp3) is 0.429. The number of anilines is 1. The second-order valence-electron chi connectivity index (χ2n) is 6.20. The first-order valence-corrected chi connectivity index (χ1v) is 8.81. The molecule has 24 heavy (non-hydrogen) atoms. The van der Waals surface area contributed by atoms with Crippen molar-refractivity contribution in [2.45, 2.75) is 33.1 Å². The van der Waals surface area contributed by atoms with E-state index in [1.165, 1.54) is 16.8 Å². The normalized spacial score (nSPS) is 12.0. The number of methoxy groups -OCH3 is 1. The Morgan fingerprint density at radius 1 is 1.04 bits per heavy atom. The van der Waals surface area contributed by atoms with E-state index in [9.17, 15) is 0 Å². The second kappa shape index (κ2) is 8.74. The summed E-state index contributed by atoms with van der Waals surface area (Å²) in [5.74, 6) is 1.26. The molecule has 2 aromatic rings. The molecule has 0 aliphatic rings. The third kappa shape index (κ3) is 4.30. The molecule has 2 aromatic carbocycles. The van der Waals surface area contributed by atoms with Crippen molar-refractivity contribution in [1.82, 2.24) is 0 Å². The number of hydrogen-bond donors (Lipinski definition) is 1. The summed E-state index contributed by atoms with van der Waals surface area (Å²) in [5, 5.41) is 0. The zero-order chi connectivity index (χ0) is 17.5. The van der Waals surface area contributed by atoms with E-state index in [2.05, 4.69) is 62.1 Å². The van der Waals surface area contributed by atoms with Crippen LogP contribution in [-0.4, -0.2) is 26.7 Å². The SMILES string of the molecule is CCN(CC)c1ccc(CC(CN)c2ccc(OC)c(C)c2)cc1. The van der Waals surface area contributed by atoms with E-state index in [0.717, 1.165) is 30.8 Å². The maximum atomic E-state index is 6.05. The molecular weight excluding hydrogens is 296 g/mol. The smallest absolute Gasteiger partial charge is 0.121 e. The number of rotatable bonds is 8. The van der Waals surface area contributed by atoms with Crippen LogP contribution in [0.1, 0.15) is 36.5 Å². The molecule has 2 N–H and O–H groups in total. The molecule has 0 saturated heterocycles. The van der Waals surface area contributed by atoms with Crippen molar-refractivity contribution in [2.24, 2.45) is 5.73 Å². The standard InChI is InChI=1S/C21H30N2O/c1-5-23(6-2)20-10-7-17(8-11-20)14-19(15-22)18-9-12-21(24-4)16(3)13-18/h7-13,19H,5-6,14-15,22H2,1-4H3. The van der Waals surface area contributed by atoms with Crippen LogP contribution >= 0.6 is 0 Å². The molecule has 2 rings (SSSR count). The first-order chi connectivity index (χ1) is 11.6. The minimum atomic E-state index is 0.328. The highest BCUT2D eigenvalue weighted by molar-refractivity contribution is 5.47. The van der Waals surface area contributed by atoms with E-state index in [4.69, 9.17) is 10.5 Å².